The molecule has 0 saturated heterocycles. The van der Waals surface area contributed by atoms with Crippen molar-refractivity contribution in [2.24, 2.45) is 0 Å². The van der Waals surface area contributed by atoms with E-state index in [0.717, 1.165) is 31.2 Å². The molecule has 2 heterocycles. The van der Waals surface area contributed by atoms with Gasteiger partial charge in [0, 0.05) is 32.5 Å². The highest BCUT2D eigenvalue weighted by Crippen LogP contribution is 2.08. The van der Waals surface area contributed by atoms with Gasteiger partial charge in [0.15, 0.2) is 0 Å². The van der Waals surface area contributed by atoms with Crippen molar-refractivity contribution >= 4 is 5.95 Å². The second kappa shape index (κ2) is 4.78. The summed E-state index contributed by atoms with van der Waals surface area (Å²) in [5, 5.41) is 10.8. The van der Waals surface area contributed by atoms with Crippen molar-refractivity contribution in [1.29, 1.82) is 0 Å². The number of aromatic nitrogens is 5. The molecule has 0 fully saturated rings. The average molecular weight is 220 g/mol. The van der Waals surface area contributed by atoms with Gasteiger partial charge in [-0.3, -0.25) is 4.68 Å². The third kappa shape index (κ3) is 2.39. The number of hydrogen-bond donors (Lipinski definition) is 1. The first-order valence-corrected chi connectivity index (χ1v) is 5.35. The fourth-order valence-electron chi connectivity index (χ4n) is 1.67. The van der Waals surface area contributed by atoms with E-state index in [1.807, 2.05) is 31.0 Å². The SMILES string of the molecule is CNc1nc(C)cn1CCCn1ccnn1. The molecule has 16 heavy (non-hydrogen) atoms. The molecule has 0 unspecified atom stereocenters. The monoisotopic (exact) mass is 220 g/mol. The number of hydrogen-bond acceptors (Lipinski definition) is 4. The first-order valence-electron chi connectivity index (χ1n) is 5.35. The van der Waals surface area contributed by atoms with Crippen LogP contribution in [0.25, 0.3) is 0 Å². The third-order valence-electron chi connectivity index (χ3n) is 2.38. The van der Waals surface area contributed by atoms with Crippen molar-refractivity contribution < 1.29 is 0 Å². The van der Waals surface area contributed by atoms with E-state index in [2.05, 4.69) is 25.2 Å². The highest BCUT2D eigenvalue weighted by Gasteiger charge is 2.02. The van der Waals surface area contributed by atoms with Gasteiger partial charge in [0.25, 0.3) is 0 Å². The molecule has 0 bridgehead atoms. The van der Waals surface area contributed by atoms with E-state index in [1.54, 1.807) is 6.20 Å². The summed E-state index contributed by atoms with van der Waals surface area (Å²) in [7, 11) is 1.88. The van der Waals surface area contributed by atoms with Gasteiger partial charge in [-0.25, -0.2) is 4.98 Å². The van der Waals surface area contributed by atoms with E-state index in [4.69, 9.17) is 0 Å². The number of aryl methyl sites for hydroxylation is 3. The van der Waals surface area contributed by atoms with Crippen LogP contribution >= 0.6 is 0 Å². The van der Waals surface area contributed by atoms with E-state index in [-0.39, 0.29) is 0 Å². The lowest BCUT2D eigenvalue weighted by Crippen LogP contribution is -2.06. The molecule has 0 amide bonds. The zero-order chi connectivity index (χ0) is 11.4. The molecular formula is C10H16N6. The molecule has 2 aromatic rings. The number of nitrogens with one attached hydrogen (secondary N) is 1. The van der Waals surface area contributed by atoms with E-state index in [0.29, 0.717) is 0 Å². The van der Waals surface area contributed by atoms with Crippen LogP contribution in [0.3, 0.4) is 0 Å². The lowest BCUT2D eigenvalue weighted by atomic mass is 10.4. The van der Waals surface area contributed by atoms with Gasteiger partial charge in [-0.15, -0.1) is 5.10 Å². The number of anilines is 1. The Bertz CT molecular complexity index is 430. The summed E-state index contributed by atoms with van der Waals surface area (Å²) >= 11 is 0. The third-order valence-corrected chi connectivity index (χ3v) is 2.38. The fourth-order valence-corrected chi connectivity index (χ4v) is 1.67. The maximum Gasteiger partial charge on any atom is 0.202 e. The van der Waals surface area contributed by atoms with Crippen molar-refractivity contribution in [2.75, 3.05) is 12.4 Å². The predicted molar refractivity (Wildman–Crippen MR) is 61.1 cm³/mol. The van der Waals surface area contributed by atoms with Crippen LogP contribution in [0.1, 0.15) is 12.1 Å². The normalized spacial score (nSPS) is 10.6. The molecule has 0 saturated carbocycles. The fraction of sp³-hybridized carbons (Fsp3) is 0.500. The van der Waals surface area contributed by atoms with Gasteiger partial charge in [0.05, 0.1) is 11.9 Å². The largest absolute Gasteiger partial charge is 0.359 e. The van der Waals surface area contributed by atoms with Gasteiger partial charge < -0.3 is 9.88 Å². The summed E-state index contributed by atoms with van der Waals surface area (Å²) in [5.74, 6) is 0.913. The van der Waals surface area contributed by atoms with E-state index in [9.17, 15) is 0 Å². The molecule has 0 radical (unpaired) electrons. The molecule has 1 N–H and O–H groups in total. The smallest absolute Gasteiger partial charge is 0.202 e. The minimum atomic E-state index is 0.875. The Morgan fingerprint density at radius 1 is 1.38 bits per heavy atom. The molecule has 86 valence electrons. The number of nitrogens with zero attached hydrogens (tertiary/aromatic N) is 5. The minimum Gasteiger partial charge on any atom is -0.359 e. The van der Waals surface area contributed by atoms with Gasteiger partial charge in [-0.2, -0.15) is 0 Å². The van der Waals surface area contributed by atoms with Gasteiger partial charge in [-0.05, 0) is 13.3 Å². The van der Waals surface area contributed by atoms with E-state index >= 15 is 0 Å². The van der Waals surface area contributed by atoms with Crippen LogP contribution in [0, 0.1) is 6.92 Å². The van der Waals surface area contributed by atoms with Crippen LogP contribution in [0.5, 0.6) is 0 Å². The van der Waals surface area contributed by atoms with Gasteiger partial charge in [0.2, 0.25) is 5.95 Å². The Labute approximate surface area is 94.3 Å². The van der Waals surface area contributed by atoms with Crippen molar-refractivity contribution in [3.63, 3.8) is 0 Å². The predicted octanol–water partition coefficient (Wildman–Crippen LogP) is 0.915. The zero-order valence-electron chi connectivity index (χ0n) is 9.59. The molecule has 6 nitrogen and oxygen atoms in total. The Balaban J connectivity index is 1.89. The molecule has 0 atom stereocenters. The van der Waals surface area contributed by atoms with Crippen LogP contribution in [0.2, 0.25) is 0 Å². The first-order chi connectivity index (χ1) is 7.79. The summed E-state index contributed by atoms with van der Waals surface area (Å²) in [6.07, 6.45) is 6.62. The maximum atomic E-state index is 4.36. The molecule has 2 rings (SSSR count). The molecule has 0 aromatic carbocycles. The second-order valence-corrected chi connectivity index (χ2v) is 3.67. The zero-order valence-corrected chi connectivity index (χ0v) is 9.59. The lowest BCUT2D eigenvalue weighted by molar-refractivity contribution is 0.516. The molecular weight excluding hydrogens is 204 g/mol. The molecule has 0 spiro atoms. The molecule has 0 aliphatic carbocycles. The first kappa shape index (κ1) is 10.7. The lowest BCUT2D eigenvalue weighted by Gasteiger charge is -2.06. The van der Waals surface area contributed by atoms with E-state index in [1.165, 1.54) is 0 Å². The molecule has 0 aliphatic rings. The minimum absolute atomic E-state index is 0.875. The number of imidazole rings is 1. The van der Waals surface area contributed by atoms with Crippen LogP contribution in [-0.4, -0.2) is 31.6 Å². The second-order valence-electron chi connectivity index (χ2n) is 3.67. The summed E-state index contributed by atoms with van der Waals surface area (Å²) in [6.45, 7) is 3.80. The highest BCUT2D eigenvalue weighted by atomic mass is 15.4. The van der Waals surface area contributed by atoms with Crippen LogP contribution in [0.15, 0.2) is 18.6 Å². The standard InChI is InChI=1S/C10H16N6/c1-9-8-15(10(11-2)13-9)5-3-6-16-7-4-12-14-16/h4,7-8H,3,5-6H2,1-2H3,(H,11,13). The topological polar surface area (TPSA) is 60.6 Å². The van der Waals surface area contributed by atoms with Crippen LogP contribution in [0.4, 0.5) is 5.95 Å². The summed E-state index contributed by atoms with van der Waals surface area (Å²) in [5.41, 5.74) is 1.03. The molecule has 0 aliphatic heterocycles. The van der Waals surface area contributed by atoms with Gasteiger partial charge in [0.1, 0.15) is 0 Å². The average Bonchev–Trinajstić information content (AvgIpc) is 2.88. The van der Waals surface area contributed by atoms with Gasteiger partial charge >= 0.3 is 0 Å². The summed E-state index contributed by atoms with van der Waals surface area (Å²) in [6, 6.07) is 0. The molecule has 6 heteroatoms. The van der Waals surface area contributed by atoms with Crippen LogP contribution in [-0.2, 0) is 13.1 Å². The Kier molecular flexibility index (Phi) is 3.19. The highest BCUT2D eigenvalue weighted by molar-refractivity contribution is 5.27. The number of rotatable bonds is 5. The Hall–Kier alpha value is -1.85. The van der Waals surface area contributed by atoms with Crippen LogP contribution < -0.4 is 5.32 Å². The summed E-state index contributed by atoms with van der Waals surface area (Å²) in [4.78, 5) is 4.36. The maximum absolute atomic E-state index is 4.36. The van der Waals surface area contributed by atoms with Crippen molar-refractivity contribution in [2.45, 2.75) is 26.4 Å². The van der Waals surface area contributed by atoms with Crippen molar-refractivity contribution in [1.82, 2.24) is 24.5 Å². The van der Waals surface area contributed by atoms with E-state index < -0.39 is 0 Å². The van der Waals surface area contributed by atoms with Crippen molar-refractivity contribution in [3.05, 3.63) is 24.3 Å². The van der Waals surface area contributed by atoms with Gasteiger partial charge in [-0.1, -0.05) is 5.21 Å². The van der Waals surface area contributed by atoms with Crippen molar-refractivity contribution in [3.8, 4) is 0 Å². The quantitative estimate of drug-likeness (QED) is 0.813. The Morgan fingerprint density at radius 2 is 2.25 bits per heavy atom. The summed E-state index contributed by atoms with van der Waals surface area (Å²) < 4.78 is 3.95. The molecule has 2 aromatic heterocycles. The Morgan fingerprint density at radius 3 is 2.94 bits per heavy atom.